The zero-order valence-corrected chi connectivity index (χ0v) is 10.1. The van der Waals surface area contributed by atoms with Crippen LogP contribution in [-0.4, -0.2) is 6.04 Å². The fourth-order valence-corrected chi connectivity index (χ4v) is 2.29. The number of ether oxygens (including phenoxy) is 1. The molecule has 3 heteroatoms. The average Bonchev–Trinajstić information content (AvgIpc) is 2.38. The van der Waals surface area contributed by atoms with Crippen LogP contribution in [0.1, 0.15) is 18.6 Å². The van der Waals surface area contributed by atoms with Gasteiger partial charge in [0.15, 0.2) is 0 Å². The molecule has 0 fully saturated rings. The van der Waals surface area contributed by atoms with Gasteiger partial charge in [-0.05, 0) is 36.8 Å². The van der Waals surface area contributed by atoms with E-state index in [-0.39, 0.29) is 18.0 Å². The molecule has 0 aromatic heterocycles. The Bertz CT molecular complexity index is 570. The van der Waals surface area contributed by atoms with E-state index in [1.165, 1.54) is 12.1 Å². The van der Waals surface area contributed by atoms with E-state index in [0.717, 1.165) is 17.0 Å². The third-order valence-corrected chi connectivity index (χ3v) is 3.16. The molecular weight excluding hydrogens is 229 g/mol. The maximum atomic E-state index is 13.3. The van der Waals surface area contributed by atoms with Crippen molar-refractivity contribution < 1.29 is 9.13 Å². The van der Waals surface area contributed by atoms with Crippen LogP contribution in [0.5, 0.6) is 5.75 Å². The highest BCUT2D eigenvalue weighted by Crippen LogP contribution is 2.36. The average molecular weight is 243 g/mol. The van der Waals surface area contributed by atoms with Crippen molar-refractivity contribution in [3.05, 3.63) is 59.9 Å². The first-order valence-electron chi connectivity index (χ1n) is 6.02. The van der Waals surface area contributed by atoms with Crippen LogP contribution in [-0.2, 0) is 0 Å². The lowest BCUT2D eigenvalue weighted by Gasteiger charge is -2.33. The van der Waals surface area contributed by atoms with Crippen molar-refractivity contribution in [1.82, 2.24) is 0 Å². The quantitative estimate of drug-likeness (QED) is 0.823. The molecular formula is C15H14FNO. The zero-order valence-electron chi connectivity index (χ0n) is 10.1. The first-order valence-corrected chi connectivity index (χ1v) is 6.02. The highest BCUT2D eigenvalue weighted by molar-refractivity contribution is 5.59. The SMILES string of the molecule is CC1Nc2ccccc2OC1c1cccc(F)c1. The second kappa shape index (κ2) is 4.33. The lowest BCUT2D eigenvalue weighted by atomic mass is 10.0. The first-order chi connectivity index (χ1) is 8.74. The van der Waals surface area contributed by atoms with Crippen molar-refractivity contribution in [3.63, 3.8) is 0 Å². The maximum Gasteiger partial charge on any atom is 0.144 e. The summed E-state index contributed by atoms with van der Waals surface area (Å²) in [6.07, 6.45) is -0.171. The molecule has 2 atom stereocenters. The standard InChI is InChI=1S/C15H14FNO/c1-10-15(11-5-4-6-12(16)9-11)18-14-8-3-2-7-13(14)17-10/h2-10,15,17H,1H3. The summed E-state index contributed by atoms with van der Waals surface area (Å²) < 4.78 is 19.2. The van der Waals surface area contributed by atoms with Gasteiger partial charge in [0.2, 0.25) is 0 Å². The molecule has 2 aromatic carbocycles. The molecule has 0 spiro atoms. The Morgan fingerprint density at radius 2 is 1.94 bits per heavy atom. The predicted octanol–water partition coefficient (Wildman–Crippen LogP) is 3.76. The minimum Gasteiger partial charge on any atom is -0.481 e. The summed E-state index contributed by atoms with van der Waals surface area (Å²) in [6, 6.07) is 14.5. The maximum absolute atomic E-state index is 13.3. The van der Waals surface area contributed by atoms with E-state index in [2.05, 4.69) is 5.32 Å². The van der Waals surface area contributed by atoms with Crippen molar-refractivity contribution in [2.75, 3.05) is 5.32 Å². The Hall–Kier alpha value is -2.03. The normalized spacial score (nSPS) is 21.7. The van der Waals surface area contributed by atoms with Crippen molar-refractivity contribution in [2.24, 2.45) is 0 Å². The molecule has 18 heavy (non-hydrogen) atoms. The van der Waals surface area contributed by atoms with E-state index in [1.54, 1.807) is 6.07 Å². The van der Waals surface area contributed by atoms with Crippen LogP contribution in [0.25, 0.3) is 0 Å². The summed E-state index contributed by atoms with van der Waals surface area (Å²) in [6.45, 7) is 2.03. The fourth-order valence-electron chi connectivity index (χ4n) is 2.29. The van der Waals surface area contributed by atoms with E-state index < -0.39 is 0 Å². The lowest BCUT2D eigenvalue weighted by Crippen LogP contribution is -2.32. The van der Waals surface area contributed by atoms with Crippen LogP contribution in [0.4, 0.5) is 10.1 Å². The number of hydrogen-bond donors (Lipinski definition) is 1. The summed E-state index contributed by atoms with van der Waals surface area (Å²) in [4.78, 5) is 0. The van der Waals surface area contributed by atoms with E-state index in [9.17, 15) is 4.39 Å². The topological polar surface area (TPSA) is 21.3 Å². The van der Waals surface area contributed by atoms with Crippen LogP contribution in [0.2, 0.25) is 0 Å². The minimum atomic E-state index is -0.234. The number of nitrogens with one attached hydrogen (secondary N) is 1. The van der Waals surface area contributed by atoms with Crippen LogP contribution < -0.4 is 10.1 Å². The number of hydrogen-bond acceptors (Lipinski definition) is 2. The number of para-hydroxylation sites is 2. The van der Waals surface area contributed by atoms with Gasteiger partial charge >= 0.3 is 0 Å². The number of anilines is 1. The highest BCUT2D eigenvalue weighted by Gasteiger charge is 2.27. The van der Waals surface area contributed by atoms with Gasteiger partial charge in [-0.15, -0.1) is 0 Å². The van der Waals surface area contributed by atoms with Gasteiger partial charge in [-0.2, -0.15) is 0 Å². The highest BCUT2D eigenvalue weighted by atomic mass is 19.1. The van der Waals surface area contributed by atoms with Gasteiger partial charge in [0, 0.05) is 0 Å². The molecule has 0 aliphatic carbocycles. The van der Waals surface area contributed by atoms with Crippen LogP contribution in [0.3, 0.4) is 0 Å². The van der Waals surface area contributed by atoms with Gasteiger partial charge in [0.05, 0.1) is 11.7 Å². The zero-order chi connectivity index (χ0) is 12.5. The molecule has 1 aliphatic rings. The molecule has 0 amide bonds. The predicted molar refractivity (Wildman–Crippen MR) is 69.3 cm³/mol. The summed E-state index contributed by atoms with van der Waals surface area (Å²) in [7, 11) is 0. The molecule has 2 aromatic rings. The van der Waals surface area contributed by atoms with Gasteiger partial charge in [-0.3, -0.25) is 0 Å². The van der Waals surface area contributed by atoms with Gasteiger partial charge in [-0.25, -0.2) is 4.39 Å². The molecule has 0 radical (unpaired) electrons. The van der Waals surface area contributed by atoms with Crippen LogP contribution in [0, 0.1) is 5.82 Å². The molecule has 1 heterocycles. The van der Waals surface area contributed by atoms with Crippen molar-refractivity contribution >= 4 is 5.69 Å². The van der Waals surface area contributed by atoms with Gasteiger partial charge in [0.1, 0.15) is 17.7 Å². The molecule has 1 aliphatic heterocycles. The number of benzene rings is 2. The Labute approximate surface area is 105 Å². The third kappa shape index (κ3) is 1.92. The Kier molecular flexibility index (Phi) is 2.67. The number of fused-ring (bicyclic) bond motifs is 1. The molecule has 0 bridgehead atoms. The monoisotopic (exact) mass is 243 g/mol. The Morgan fingerprint density at radius 1 is 1.11 bits per heavy atom. The molecule has 92 valence electrons. The smallest absolute Gasteiger partial charge is 0.144 e. The van der Waals surface area contributed by atoms with Crippen molar-refractivity contribution in [1.29, 1.82) is 0 Å². The van der Waals surface area contributed by atoms with Crippen LogP contribution in [0.15, 0.2) is 48.5 Å². The third-order valence-electron chi connectivity index (χ3n) is 3.16. The van der Waals surface area contributed by atoms with Crippen molar-refractivity contribution in [3.8, 4) is 5.75 Å². The summed E-state index contributed by atoms with van der Waals surface area (Å²) in [5, 5.41) is 3.38. The van der Waals surface area contributed by atoms with Crippen LogP contribution >= 0.6 is 0 Å². The Morgan fingerprint density at radius 3 is 2.78 bits per heavy atom. The Balaban J connectivity index is 1.96. The second-order valence-electron chi connectivity index (χ2n) is 4.52. The molecule has 0 saturated heterocycles. The summed E-state index contributed by atoms with van der Waals surface area (Å²) in [5.41, 5.74) is 1.84. The van der Waals surface area contributed by atoms with Gasteiger partial charge < -0.3 is 10.1 Å². The van der Waals surface area contributed by atoms with Gasteiger partial charge in [-0.1, -0.05) is 24.3 Å². The number of halogens is 1. The van der Waals surface area contributed by atoms with E-state index in [4.69, 9.17) is 4.74 Å². The summed E-state index contributed by atoms with van der Waals surface area (Å²) >= 11 is 0. The minimum absolute atomic E-state index is 0.0988. The van der Waals surface area contributed by atoms with Crippen molar-refractivity contribution in [2.45, 2.75) is 19.1 Å². The van der Waals surface area contributed by atoms with Gasteiger partial charge in [0.25, 0.3) is 0 Å². The lowest BCUT2D eigenvalue weighted by molar-refractivity contribution is 0.177. The first kappa shape index (κ1) is 11.1. The summed E-state index contributed by atoms with van der Waals surface area (Å²) in [5.74, 6) is 0.576. The second-order valence-corrected chi connectivity index (χ2v) is 4.52. The molecule has 2 unspecified atom stereocenters. The molecule has 1 N–H and O–H groups in total. The molecule has 0 saturated carbocycles. The fraction of sp³-hybridized carbons (Fsp3) is 0.200. The number of rotatable bonds is 1. The largest absolute Gasteiger partial charge is 0.481 e. The molecule has 3 rings (SSSR count). The van der Waals surface area contributed by atoms with E-state index >= 15 is 0 Å². The van der Waals surface area contributed by atoms with E-state index in [0.29, 0.717) is 0 Å². The molecule has 2 nitrogen and oxygen atoms in total. The van der Waals surface area contributed by atoms with E-state index in [1.807, 2.05) is 37.3 Å².